The van der Waals surface area contributed by atoms with Crippen molar-refractivity contribution in [2.75, 3.05) is 13.2 Å². The Morgan fingerprint density at radius 2 is 1.76 bits per heavy atom. The molecule has 0 amide bonds. The summed E-state index contributed by atoms with van der Waals surface area (Å²) in [4.78, 5) is 0. The van der Waals surface area contributed by atoms with Gasteiger partial charge in [0.25, 0.3) is 0 Å². The normalized spacial score (nSPS) is 11.0. The summed E-state index contributed by atoms with van der Waals surface area (Å²) < 4.78 is 15.1. The van der Waals surface area contributed by atoms with Crippen LogP contribution < -0.4 is 0 Å². The molecular weight excluding hydrogens is 286 g/mol. The molecule has 0 fully saturated rings. The van der Waals surface area contributed by atoms with Gasteiger partial charge in [-0.3, -0.25) is 4.57 Å². The fourth-order valence-electron chi connectivity index (χ4n) is 1.95. The second kappa shape index (κ2) is 7.49. The van der Waals surface area contributed by atoms with Crippen molar-refractivity contribution in [1.82, 2.24) is 14.3 Å². The molecule has 1 heterocycles. The average Bonchev–Trinajstić information content (AvgIpc) is 2.80. The molecular formula is C15H21N3O2S. The Labute approximate surface area is 130 Å². The minimum Gasteiger partial charge on any atom is -0.374 e. The zero-order valence-corrected chi connectivity index (χ0v) is 13.5. The van der Waals surface area contributed by atoms with Gasteiger partial charge in [0.05, 0.1) is 0 Å². The highest BCUT2D eigenvalue weighted by atomic mass is 32.1. The lowest BCUT2D eigenvalue weighted by atomic mass is 10.2. The zero-order chi connectivity index (χ0) is 15.2. The molecule has 1 aromatic heterocycles. The van der Waals surface area contributed by atoms with Crippen LogP contribution in [0.15, 0.2) is 24.3 Å². The zero-order valence-electron chi connectivity index (χ0n) is 12.7. The van der Waals surface area contributed by atoms with Crippen molar-refractivity contribution < 1.29 is 9.47 Å². The van der Waals surface area contributed by atoms with E-state index in [-0.39, 0.29) is 0 Å². The van der Waals surface area contributed by atoms with Crippen LogP contribution in [0.1, 0.15) is 25.2 Å². The third-order valence-corrected chi connectivity index (χ3v) is 3.44. The van der Waals surface area contributed by atoms with Gasteiger partial charge in [-0.2, -0.15) is 5.10 Å². The molecule has 114 valence electrons. The van der Waals surface area contributed by atoms with Crippen LogP contribution in [0.2, 0.25) is 0 Å². The highest BCUT2D eigenvalue weighted by molar-refractivity contribution is 7.71. The van der Waals surface area contributed by atoms with E-state index in [0.29, 0.717) is 31.3 Å². The van der Waals surface area contributed by atoms with Gasteiger partial charge in [-0.15, -0.1) is 0 Å². The molecule has 5 nitrogen and oxygen atoms in total. The van der Waals surface area contributed by atoms with E-state index < -0.39 is 0 Å². The van der Waals surface area contributed by atoms with Gasteiger partial charge >= 0.3 is 0 Å². The molecule has 0 aliphatic carbocycles. The van der Waals surface area contributed by atoms with Gasteiger partial charge < -0.3 is 9.47 Å². The van der Waals surface area contributed by atoms with Gasteiger partial charge in [0.2, 0.25) is 4.77 Å². The van der Waals surface area contributed by atoms with E-state index in [1.165, 1.54) is 5.56 Å². The summed E-state index contributed by atoms with van der Waals surface area (Å²) in [6.45, 7) is 8.01. The van der Waals surface area contributed by atoms with Crippen molar-refractivity contribution in [3.8, 4) is 5.69 Å². The molecule has 21 heavy (non-hydrogen) atoms. The van der Waals surface area contributed by atoms with Crippen LogP contribution in [0.4, 0.5) is 0 Å². The Hall–Kier alpha value is -1.50. The quantitative estimate of drug-likeness (QED) is 0.736. The second-order valence-electron chi connectivity index (χ2n) is 4.63. The summed E-state index contributed by atoms with van der Waals surface area (Å²) in [7, 11) is 0. The van der Waals surface area contributed by atoms with Crippen LogP contribution >= 0.6 is 12.2 Å². The van der Waals surface area contributed by atoms with Gasteiger partial charge in [-0.05, 0) is 45.1 Å². The molecule has 0 aliphatic rings. The molecule has 1 aromatic carbocycles. The van der Waals surface area contributed by atoms with Crippen molar-refractivity contribution in [3.05, 3.63) is 40.4 Å². The molecule has 0 bridgehead atoms. The van der Waals surface area contributed by atoms with Crippen molar-refractivity contribution in [2.45, 2.75) is 34.1 Å². The number of benzene rings is 1. The number of hydrogen-bond donors (Lipinski definition) is 0. The number of rotatable bonds is 7. The molecule has 2 aromatic rings. The van der Waals surface area contributed by atoms with Crippen molar-refractivity contribution in [2.24, 2.45) is 0 Å². The molecule has 0 unspecified atom stereocenters. The minimum atomic E-state index is 0.354. The monoisotopic (exact) mass is 307 g/mol. The van der Waals surface area contributed by atoms with Crippen LogP contribution in [0.3, 0.4) is 0 Å². The molecule has 0 saturated heterocycles. The maximum atomic E-state index is 5.52. The Kier molecular flexibility index (Phi) is 5.67. The number of hydrogen-bond acceptors (Lipinski definition) is 4. The van der Waals surface area contributed by atoms with E-state index in [1.807, 2.05) is 30.5 Å². The van der Waals surface area contributed by atoms with E-state index in [0.717, 1.165) is 11.5 Å². The van der Waals surface area contributed by atoms with E-state index in [1.54, 1.807) is 4.68 Å². The molecule has 0 radical (unpaired) electrons. The summed E-state index contributed by atoms with van der Waals surface area (Å²) in [5, 5.41) is 4.51. The first kappa shape index (κ1) is 15.9. The van der Waals surface area contributed by atoms with Crippen molar-refractivity contribution in [3.63, 3.8) is 0 Å². The number of ether oxygens (including phenoxy) is 2. The third-order valence-electron chi connectivity index (χ3n) is 3.05. The first-order valence-corrected chi connectivity index (χ1v) is 7.49. The van der Waals surface area contributed by atoms with Crippen LogP contribution in [0, 0.1) is 11.7 Å². The second-order valence-corrected chi connectivity index (χ2v) is 4.99. The fraction of sp³-hybridized carbons (Fsp3) is 0.467. The maximum absolute atomic E-state index is 5.52. The van der Waals surface area contributed by atoms with Gasteiger partial charge in [0.15, 0.2) is 5.82 Å². The predicted molar refractivity (Wildman–Crippen MR) is 84.1 cm³/mol. The van der Waals surface area contributed by atoms with E-state index >= 15 is 0 Å². The van der Waals surface area contributed by atoms with Gasteiger partial charge in [0.1, 0.15) is 13.3 Å². The molecule has 0 aliphatic heterocycles. The Bertz CT molecular complexity index is 631. The van der Waals surface area contributed by atoms with E-state index in [2.05, 4.69) is 24.2 Å². The molecule has 2 rings (SSSR count). The fourth-order valence-corrected chi connectivity index (χ4v) is 2.26. The number of aryl methyl sites for hydroxylation is 1. The summed E-state index contributed by atoms with van der Waals surface area (Å²) in [6.07, 6.45) is 0. The summed E-state index contributed by atoms with van der Waals surface area (Å²) in [6, 6.07) is 8.18. The highest BCUT2D eigenvalue weighted by Gasteiger charge is 2.12. The van der Waals surface area contributed by atoms with Crippen LogP contribution in [-0.2, 0) is 22.8 Å². The molecule has 0 N–H and O–H groups in total. The molecule has 0 saturated carbocycles. The molecule has 6 heteroatoms. The van der Waals surface area contributed by atoms with Crippen LogP contribution in [-0.4, -0.2) is 27.6 Å². The number of aromatic nitrogens is 3. The molecule has 0 atom stereocenters. The first-order chi connectivity index (χ1) is 10.2. The average molecular weight is 307 g/mol. The van der Waals surface area contributed by atoms with E-state index in [4.69, 9.17) is 21.7 Å². The minimum absolute atomic E-state index is 0.354. The Morgan fingerprint density at radius 1 is 1.10 bits per heavy atom. The first-order valence-electron chi connectivity index (χ1n) is 7.08. The van der Waals surface area contributed by atoms with Crippen LogP contribution in [0.5, 0.6) is 0 Å². The number of nitrogens with zero attached hydrogens (tertiary/aromatic N) is 3. The molecule has 0 spiro atoms. The van der Waals surface area contributed by atoms with Crippen LogP contribution in [0.25, 0.3) is 5.69 Å². The van der Waals surface area contributed by atoms with Crippen molar-refractivity contribution >= 4 is 12.2 Å². The van der Waals surface area contributed by atoms with E-state index in [9.17, 15) is 0 Å². The summed E-state index contributed by atoms with van der Waals surface area (Å²) >= 11 is 5.52. The largest absolute Gasteiger partial charge is 0.374 e. The smallest absolute Gasteiger partial charge is 0.204 e. The predicted octanol–water partition coefficient (Wildman–Crippen LogP) is 3.24. The van der Waals surface area contributed by atoms with Gasteiger partial charge in [0, 0.05) is 18.9 Å². The SMILES string of the molecule is CCOCc1nn(COCC)c(=S)n1-c1ccc(C)cc1. The highest BCUT2D eigenvalue weighted by Crippen LogP contribution is 2.14. The standard InChI is InChI=1S/C15H21N3O2S/c1-4-19-10-14-16-17(11-20-5-2)15(21)18(14)13-8-6-12(3)7-9-13/h6-9H,4-5,10-11H2,1-3H3. The summed E-state index contributed by atoms with van der Waals surface area (Å²) in [5.41, 5.74) is 2.20. The summed E-state index contributed by atoms with van der Waals surface area (Å²) in [5.74, 6) is 0.783. The van der Waals surface area contributed by atoms with Gasteiger partial charge in [-0.1, -0.05) is 17.7 Å². The lowest BCUT2D eigenvalue weighted by Crippen LogP contribution is -2.05. The lowest BCUT2D eigenvalue weighted by molar-refractivity contribution is 0.0763. The van der Waals surface area contributed by atoms with Gasteiger partial charge in [-0.25, -0.2) is 4.68 Å². The van der Waals surface area contributed by atoms with Crippen molar-refractivity contribution in [1.29, 1.82) is 0 Å². The Morgan fingerprint density at radius 3 is 2.38 bits per heavy atom. The topological polar surface area (TPSA) is 41.2 Å². The lowest BCUT2D eigenvalue weighted by Gasteiger charge is -2.07. The Balaban J connectivity index is 2.42. The third kappa shape index (κ3) is 3.78. The maximum Gasteiger partial charge on any atom is 0.204 e.